The fourth-order valence-electron chi connectivity index (χ4n) is 11.6. The van der Waals surface area contributed by atoms with Gasteiger partial charge in [-0.15, -0.1) is 0 Å². The van der Waals surface area contributed by atoms with Crippen LogP contribution in [0.25, 0.3) is 0 Å². The molecule has 0 aromatic carbocycles. The number of carbonyl (C=O) groups excluding carboxylic acids is 2. The molecule has 0 aromatic heterocycles. The van der Waals surface area contributed by atoms with Crippen molar-refractivity contribution in [1.29, 1.82) is 0 Å². The van der Waals surface area contributed by atoms with Crippen LogP contribution in [0.2, 0.25) is 0 Å². The highest BCUT2D eigenvalue weighted by molar-refractivity contribution is 5.67. The minimum absolute atomic E-state index is 0.0201. The highest BCUT2D eigenvalue weighted by atomic mass is 16.5. The summed E-state index contributed by atoms with van der Waals surface area (Å²) in [5, 5.41) is 8.67. The van der Waals surface area contributed by atoms with Crippen LogP contribution < -0.4 is 0 Å². The molecule has 0 spiro atoms. The van der Waals surface area contributed by atoms with Crippen LogP contribution in [0.1, 0.15) is 171 Å². The first kappa shape index (κ1) is 38.1. The molecule has 5 saturated carbocycles. The van der Waals surface area contributed by atoms with E-state index in [4.69, 9.17) is 9.84 Å². The molecule has 9 atom stereocenters. The number of aldehydes is 1. The van der Waals surface area contributed by atoms with Gasteiger partial charge in [0.1, 0.15) is 12.4 Å². The maximum absolute atomic E-state index is 12.2. The zero-order valence-electron chi connectivity index (χ0n) is 30.5. The lowest BCUT2D eigenvalue weighted by atomic mass is 9.39. The van der Waals surface area contributed by atoms with Crippen LogP contribution in [0, 0.1) is 57.2 Å². The predicted octanol–water partition coefficient (Wildman–Crippen LogP) is 10.7. The molecule has 0 heterocycles. The SMILES string of the molecule is CC(C)C(CCC1(C)C(C)CCC2(C)C3CCC4(C=O)CCCC4C3CCC12)OC=O.CCC.CCC1(CC(=O)O)CCCC1. The number of rotatable bonds is 10. The molecule has 5 fully saturated rings. The monoisotopic (exact) mass is 631 g/mol. The Morgan fingerprint density at radius 3 is 2.11 bits per heavy atom. The van der Waals surface area contributed by atoms with E-state index in [1.165, 1.54) is 70.5 Å². The normalized spacial score (nSPS) is 38.6. The van der Waals surface area contributed by atoms with Crippen molar-refractivity contribution in [3.63, 3.8) is 0 Å². The largest absolute Gasteiger partial charge is 0.481 e. The van der Waals surface area contributed by atoms with E-state index < -0.39 is 5.97 Å². The minimum Gasteiger partial charge on any atom is -0.481 e. The van der Waals surface area contributed by atoms with Crippen LogP contribution in [-0.4, -0.2) is 29.9 Å². The molecule has 5 aliphatic rings. The highest BCUT2D eigenvalue weighted by Gasteiger charge is 2.62. The van der Waals surface area contributed by atoms with Gasteiger partial charge in [-0.3, -0.25) is 9.59 Å². The first-order valence-electron chi connectivity index (χ1n) is 19.1. The molecular formula is C40H70O5. The second kappa shape index (κ2) is 16.1. The number of hydrogen-bond donors (Lipinski definition) is 1. The molecule has 0 aliphatic heterocycles. The van der Waals surface area contributed by atoms with Gasteiger partial charge in [-0.25, -0.2) is 0 Å². The molecule has 5 aliphatic carbocycles. The molecule has 9 unspecified atom stereocenters. The van der Waals surface area contributed by atoms with E-state index >= 15 is 0 Å². The van der Waals surface area contributed by atoms with Crippen molar-refractivity contribution in [1.82, 2.24) is 0 Å². The minimum atomic E-state index is -0.631. The lowest BCUT2D eigenvalue weighted by molar-refractivity contribution is -0.169. The number of fused-ring (bicyclic) bond motifs is 5. The molecule has 0 saturated heterocycles. The van der Waals surface area contributed by atoms with Crippen molar-refractivity contribution in [3.05, 3.63) is 0 Å². The summed E-state index contributed by atoms with van der Waals surface area (Å²) >= 11 is 0. The van der Waals surface area contributed by atoms with Crippen LogP contribution >= 0.6 is 0 Å². The van der Waals surface area contributed by atoms with E-state index in [0.29, 0.717) is 35.6 Å². The topological polar surface area (TPSA) is 80.7 Å². The van der Waals surface area contributed by atoms with Crippen LogP contribution in [0.4, 0.5) is 0 Å². The van der Waals surface area contributed by atoms with Gasteiger partial charge in [0.05, 0.1) is 6.42 Å². The lowest BCUT2D eigenvalue weighted by Gasteiger charge is -2.65. The summed E-state index contributed by atoms with van der Waals surface area (Å²) in [6.07, 6.45) is 22.3. The van der Waals surface area contributed by atoms with E-state index in [9.17, 15) is 14.4 Å². The van der Waals surface area contributed by atoms with Crippen molar-refractivity contribution in [2.24, 2.45) is 57.2 Å². The van der Waals surface area contributed by atoms with Gasteiger partial charge < -0.3 is 14.6 Å². The number of ether oxygens (including phenoxy) is 1. The second-order valence-electron chi connectivity index (χ2n) is 17.1. The predicted molar refractivity (Wildman–Crippen MR) is 184 cm³/mol. The van der Waals surface area contributed by atoms with Gasteiger partial charge in [0.15, 0.2) is 0 Å². The molecule has 5 heteroatoms. The average molecular weight is 631 g/mol. The Labute approximate surface area is 276 Å². The first-order valence-corrected chi connectivity index (χ1v) is 19.1. The highest BCUT2D eigenvalue weighted by Crippen LogP contribution is 2.70. The fraction of sp³-hybridized carbons (Fsp3) is 0.925. The average Bonchev–Trinajstić information content (AvgIpc) is 3.66. The Morgan fingerprint density at radius 1 is 0.889 bits per heavy atom. The van der Waals surface area contributed by atoms with Crippen molar-refractivity contribution in [2.45, 2.75) is 177 Å². The van der Waals surface area contributed by atoms with Crippen LogP contribution in [0.15, 0.2) is 0 Å². The second-order valence-corrected chi connectivity index (χ2v) is 17.1. The molecule has 45 heavy (non-hydrogen) atoms. The molecule has 0 radical (unpaired) electrons. The van der Waals surface area contributed by atoms with Crippen LogP contribution in [0.5, 0.6) is 0 Å². The van der Waals surface area contributed by atoms with E-state index in [-0.39, 0.29) is 16.9 Å². The Morgan fingerprint density at radius 2 is 1.56 bits per heavy atom. The van der Waals surface area contributed by atoms with E-state index in [2.05, 4.69) is 55.4 Å². The van der Waals surface area contributed by atoms with Gasteiger partial charge in [0, 0.05) is 5.41 Å². The van der Waals surface area contributed by atoms with Crippen molar-refractivity contribution in [3.8, 4) is 0 Å². The molecule has 1 N–H and O–H groups in total. The van der Waals surface area contributed by atoms with Gasteiger partial charge in [0.2, 0.25) is 0 Å². The number of carbonyl (C=O) groups is 3. The van der Waals surface area contributed by atoms with Crippen molar-refractivity contribution >= 4 is 18.7 Å². The van der Waals surface area contributed by atoms with Crippen LogP contribution in [0.3, 0.4) is 0 Å². The van der Waals surface area contributed by atoms with Crippen molar-refractivity contribution < 1.29 is 24.2 Å². The molecular weight excluding hydrogens is 560 g/mol. The molecule has 5 rings (SSSR count). The standard InChI is InChI=1S/C28H46O3.C9H16O2.C3H8/c1-19(2)24(31-18-30)12-15-26(4)20(3)10-14-27(5)22-11-16-28(17-29)13-6-7-23(28)21(22)8-9-25(26)27;1-2-9(7-8(10)11)5-3-4-6-9;1-3-2/h17-25H,6-16H2,1-5H3;2-7H2,1H3,(H,10,11);3H2,1-2H3. The zero-order chi connectivity index (χ0) is 33.5. The Balaban J connectivity index is 0.000000329. The number of hydrogen-bond acceptors (Lipinski definition) is 4. The summed E-state index contributed by atoms with van der Waals surface area (Å²) < 4.78 is 5.48. The van der Waals surface area contributed by atoms with Gasteiger partial charge in [0.25, 0.3) is 6.47 Å². The van der Waals surface area contributed by atoms with E-state index in [1.807, 2.05) is 0 Å². The van der Waals surface area contributed by atoms with Gasteiger partial charge in [-0.2, -0.15) is 0 Å². The van der Waals surface area contributed by atoms with Gasteiger partial charge in [-0.1, -0.05) is 81.1 Å². The smallest absolute Gasteiger partial charge is 0.303 e. The van der Waals surface area contributed by atoms with Gasteiger partial charge >= 0.3 is 5.97 Å². The summed E-state index contributed by atoms with van der Waals surface area (Å²) in [6, 6.07) is 0. The van der Waals surface area contributed by atoms with E-state index in [0.717, 1.165) is 68.6 Å². The van der Waals surface area contributed by atoms with Crippen molar-refractivity contribution in [2.75, 3.05) is 0 Å². The maximum atomic E-state index is 12.2. The molecule has 0 amide bonds. The van der Waals surface area contributed by atoms with Gasteiger partial charge in [-0.05, 0) is 135 Å². The number of carboxylic acid groups (broad SMARTS) is 1. The molecule has 0 bridgehead atoms. The quantitative estimate of drug-likeness (QED) is 0.243. The lowest BCUT2D eigenvalue weighted by Crippen LogP contribution is -2.58. The third-order valence-corrected chi connectivity index (χ3v) is 14.4. The summed E-state index contributed by atoms with van der Waals surface area (Å²) in [4.78, 5) is 33.7. The summed E-state index contributed by atoms with van der Waals surface area (Å²) in [7, 11) is 0. The number of carboxylic acids is 1. The fourth-order valence-corrected chi connectivity index (χ4v) is 11.6. The molecule has 0 aromatic rings. The first-order chi connectivity index (χ1) is 21.3. The molecule has 5 nitrogen and oxygen atoms in total. The third-order valence-electron chi connectivity index (χ3n) is 14.4. The number of aliphatic carboxylic acids is 1. The summed E-state index contributed by atoms with van der Waals surface area (Å²) in [5.74, 6) is 3.41. The van der Waals surface area contributed by atoms with Crippen LogP contribution in [-0.2, 0) is 19.1 Å². The Hall–Kier alpha value is -1.39. The maximum Gasteiger partial charge on any atom is 0.303 e. The zero-order valence-corrected chi connectivity index (χ0v) is 30.5. The molecule has 260 valence electrons. The summed E-state index contributed by atoms with van der Waals surface area (Å²) in [6.45, 7) is 19.0. The third kappa shape index (κ3) is 8.02. The Kier molecular flexibility index (Phi) is 13.7. The summed E-state index contributed by atoms with van der Waals surface area (Å²) in [5.41, 5.74) is 0.894. The van der Waals surface area contributed by atoms with E-state index in [1.54, 1.807) is 0 Å². The Bertz CT molecular complexity index is 954.